The van der Waals surface area contributed by atoms with Crippen molar-refractivity contribution in [1.82, 2.24) is 15.0 Å². The molecular weight excluding hydrogens is 685 g/mol. The minimum Gasteiger partial charge on any atom is -0.456 e. The lowest BCUT2D eigenvalue weighted by Crippen LogP contribution is -2.09. The maximum atomic E-state index is 6.63. The average Bonchev–Trinajstić information content (AvgIpc) is 3.65. The zero-order valence-electron chi connectivity index (χ0n) is 30.3. The fraction of sp³-hybridized carbons (Fsp3) is 0. The summed E-state index contributed by atoms with van der Waals surface area (Å²) in [4.78, 5) is 17.0. The Balaban J connectivity index is 1.01. The van der Waals surface area contributed by atoms with Crippen molar-refractivity contribution in [1.29, 1.82) is 0 Å². The van der Waals surface area contributed by atoms with E-state index >= 15 is 0 Å². The maximum absolute atomic E-state index is 6.63. The van der Waals surface area contributed by atoms with Gasteiger partial charge >= 0.3 is 0 Å². The third-order valence-electron chi connectivity index (χ3n) is 10.1. The van der Waals surface area contributed by atoms with Crippen molar-refractivity contribution in [3.8, 4) is 56.4 Å². The summed E-state index contributed by atoms with van der Waals surface area (Å²) in [5, 5.41) is 2.08. The molecule has 10 aromatic rings. The standard InChI is InChI=1S/C51H34N4O/c1-5-13-35(14-6-1)36-21-23-37(24-22-36)38-25-28-43(29-26-38)55(42-19-11-4-12-20-42)44-30-32-46-45-31-27-41(33-47(45)56-48(46)34-44)51-53-49(39-15-7-2-8-16-39)52-50(54-51)40-17-9-3-10-18-40/h1-34H. The second-order valence-electron chi connectivity index (χ2n) is 13.7. The largest absolute Gasteiger partial charge is 0.456 e. The van der Waals surface area contributed by atoms with Crippen molar-refractivity contribution >= 4 is 39.0 Å². The summed E-state index contributed by atoms with van der Waals surface area (Å²) in [5.74, 6) is 1.84. The van der Waals surface area contributed by atoms with Crippen molar-refractivity contribution in [2.75, 3.05) is 4.90 Å². The van der Waals surface area contributed by atoms with Crippen molar-refractivity contribution < 1.29 is 4.42 Å². The summed E-state index contributed by atoms with van der Waals surface area (Å²) >= 11 is 0. The van der Waals surface area contributed by atoms with E-state index < -0.39 is 0 Å². The molecule has 0 aliphatic rings. The molecule has 2 aromatic heterocycles. The molecule has 56 heavy (non-hydrogen) atoms. The Kier molecular flexibility index (Phi) is 8.43. The van der Waals surface area contributed by atoms with Gasteiger partial charge in [-0.05, 0) is 70.8 Å². The third kappa shape index (κ3) is 6.37. The van der Waals surface area contributed by atoms with Crippen molar-refractivity contribution in [3.63, 3.8) is 0 Å². The van der Waals surface area contributed by atoms with E-state index in [0.29, 0.717) is 17.5 Å². The maximum Gasteiger partial charge on any atom is 0.164 e. The molecule has 10 rings (SSSR count). The SMILES string of the molecule is c1ccc(-c2ccc(-c3ccc(N(c4ccccc4)c4ccc5c(c4)oc4cc(-c6nc(-c7ccccc7)nc(-c7ccccc7)n6)ccc45)cc3)cc2)cc1. The molecule has 5 heteroatoms. The summed E-state index contributed by atoms with van der Waals surface area (Å²) in [5.41, 5.74) is 12.2. The zero-order chi connectivity index (χ0) is 37.3. The van der Waals surface area contributed by atoms with E-state index in [1.165, 1.54) is 16.7 Å². The topological polar surface area (TPSA) is 55.1 Å². The zero-order valence-corrected chi connectivity index (χ0v) is 30.3. The average molecular weight is 719 g/mol. The van der Waals surface area contributed by atoms with E-state index in [1.807, 2.05) is 78.9 Å². The number of hydrogen-bond donors (Lipinski definition) is 0. The Morgan fingerprint density at radius 3 is 1.18 bits per heavy atom. The fourth-order valence-corrected chi connectivity index (χ4v) is 7.29. The molecule has 0 radical (unpaired) electrons. The number of aromatic nitrogens is 3. The lowest BCUT2D eigenvalue weighted by Gasteiger charge is -2.25. The fourth-order valence-electron chi connectivity index (χ4n) is 7.29. The number of nitrogens with zero attached hydrogens (tertiary/aromatic N) is 4. The van der Waals surface area contributed by atoms with Gasteiger partial charge in [0.25, 0.3) is 0 Å². The first-order chi connectivity index (χ1) is 27.7. The van der Waals surface area contributed by atoms with E-state index in [1.54, 1.807) is 0 Å². The molecule has 0 atom stereocenters. The van der Waals surface area contributed by atoms with Crippen LogP contribution in [0.3, 0.4) is 0 Å². The molecule has 0 fully saturated rings. The molecule has 0 spiro atoms. The molecule has 2 heterocycles. The van der Waals surface area contributed by atoms with Crippen LogP contribution in [0.25, 0.3) is 78.4 Å². The Bertz CT molecular complexity index is 2870. The van der Waals surface area contributed by atoms with E-state index in [-0.39, 0.29) is 0 Å². The van der Waals surface area contributed by atoms with Gasteiger partial charge in [-0.3, -0.25) is 0 Å². The predicted octanol–water partition coefficient (Wildman–Crippen LogP) is 13.6. The number of fused-ring (bicyclic) bond motifs is 3. The number of anilines is 3. The lowest BCUT2D eigenvalue weighted by atomic mass is 10.00. The van der Waals surface area contributed by atoms with Crippen LogP contribution in [0.4, 0.5) is 17.1 Å². The highest BCUT2D eigenvalue weighted by molar-refractivity contribution is 6.07. The van der Waals surface area contributed by atoms with E-state index in [9.17, 15) is 0 Å². The van der Waals surface area contributed by atoms with Crippen LogP contribution in [0.1, 0.15) is 0 Å². The van der Waals surface area contributed by atoms with Crippen LogP contribution in [0.5, 0.6) is 0 Å². The van der Waals surface area contributed by atoms with Gasteiger partial charge in [0.1, 0.15) is 11.2 Å². The summed E-state index contributed by atoms with van der Waals surface area (Å²) in [6, 6.07) is 71.1. The van der Waals surface area contributed by atoms with E-state index in [2.05, 4.69) is 132 Å². The molecular formula is C51H34N4O. The molecule has 0 saturated carbocycles. The van der Waals surface area contributed by atoms with Crippen LogP contribution in [0.15, 0.2) is 211 Å². The summed E-state index contributed by atoms with van der Waals surface area (Å²) < 4.78 is 6.63. The number of furan rings is 1. The van der Waals surface area contributed by atoms with Gasteiger partial charge in [0.2, 0.25) is 0 Å². The Hall–Kier alpha value is -7.63. The van der Waals surface area contributed by atoms with Crippen molar-refractivity contribution in [2.45, 2.75) is 0 Å². The van der Waals surface area contributed by atoms with E-state index in [0.717, 1.165) is 61.3 Å². The molecule has 0 amide bonds. The molecule has 0 aliphatic carbocycles. The quantitative estimate of drug-likeness (QED) is 0.157. The highest BCUT2D eigenvalue weighted by Gasteiger charge is 2.18. The number of rotatable bonds is 8. The molecule has 264 valence electrons. The molecule has 0 saturated heterocycles. The van der Waals surface area contributed by atoms with E-state index in [4.69, 9.17) is 19.4 Å². The van der Waals surface area contributed by atoms with Crippen LogP contribution in [0.2, 0.25) is 0 Å². The van der Waals surface area contributed by atoms with Gasteiger partial charge in [0.15, 0.2) is 17.5 Å². The normalized spacial score (nSPS) is 11.2. The smallest absolute Gasteiger partial charge is 0.164 e. The van der Waals surface area contributed by atoms with Crippen LogP contribution in [-0.2, 0) is 0 Å². The second-order valence-corrected chi connectivity index (χ2v) is 13.7. The van der Waals surface area contributed by atoms with Crippen molar-refractivity contribution in [2.24, 2.45) is 0 Å². The lowest BCUT2D eigenvalue weighted by molar-refractivity contribution is 0.669. The van der Waals surface area contributed by atoms with Crippen LogP contribution in [-0.4, -0.2) is 15.0 Å². The van der Waals surface area contributed by atoms with Crippen LogP contribution >= 0.6 is 0 Å². The molecule has 0 aliphatic heterocycles. The highest BCUT2D eigenvalue weighted by Crippen LogP contribution is 2.40. The minimum absolute atomic E-state index is 0.589. The molecule has 0 bridgehead atoms. The summed E-state index contributed by atoms with van der Waals surface area (Å²) in [6.07, 6.45) is 0. The van der Waals surface area contributed by atoms with Crippen LogP contribution < -0.4 is 4.90 Å². The molecule has 8 aromatic carbocycles. The van der Waals surface area contributed by atoms with Gasteiger partial charge in [-0.2, -0.15) is 0 Å². The van der Waals surface area contributed by atoms with Crippen molar-refractivity contribution in [3.05, 3.63) is 206 Å². The number of para-hydroxylation sites is 1. The first kappa shape index (κ1) is 33.0. The van der Waals surface area contributed by atoms with Crippen LogP contribution in [0, 0.1) is 0 Å². The second kappa shape index (κ2) is 14.3. The molecule has 0 unspecified atom stereocenters. The summed E-state index contributed by atoms with van der Waals surface area (Å²) in [6.45, 7) is 0. The van der Waals surface area contributed by atoms with Gasteiger partial charge in [0, 0.05) is 50.6 Å². The Morgan fingerprint density at radius 1 is 0.286 bits per heavy atom. The van der Waals surface area contributed by atoms with Gasteiger partial charge in [0.05, 0.1) is 0 Å². The number of benzene rings is 8. The summed E-state index contributed by atoms with van der Waals surface area (Å²) in [7, 11) is 0. The molecule has 5 nitrogen and oxygen atoms in total. The first-order valence-corrected chi connectivity index (χ1v) is 18.7. The minimum atomic E-state index is 0.589. The van der Waals surface area contributed by atoms with Gasteiger partial charge in [-0.15, -0.1) is 0 Å². The third-order valence-corrected chi connectivity index (χ3v) is 10.1. The van der Waals surface area contributed by atoms with Gasteiger partial charge in [-0.1, -0.05) is 152 Å². The van der Waals surface area contributed by atoms with Gasteiger partial charge in [-0.25, -0.2) is 15.0 Å². The monoisotopic (exact) mass is 718 g/mol. The first-order valence-electron chi connectivity index (χ1n) is 18.7. The molecule has 0 N–H and O–H groups in total. The number of hydrogen-bond acceptors (Lipinski definition) is 5. The highest BCUT2D eigenvalue weighted by atomic mass is 16.3. The van der Waals surface area contributed by atoms with Gasteiger partial charge < -0.3 is 9.32 Å². The Morgan fingerprint density at radius 2 is 0.643 bits per heavy atom. The Labute approximate surface area is 324 Å². The predicted molar refractivity (Wildman–Crippen MR) is 229 cm³/mol.